The molecule has 2 N–H and O–H groups in total. The Bertz CT molecular complexity index is 1070. The van der Waals surface area contributed by atoms with Gasteiger partial charge in [0.1, 0.15) is 11.9 Å². The van der Waals surface area contributed by atoms with Gasteiger partial charge in [-0.2, -0.15) is 5.26 Å². The Labute approximate surface area is 140 Å². The first-order valence-corrected chi connectivity index (χ1v) is 7.13. The fourth-order valence-electron chi connectivity index (χ4n) is 2.44. The molecule has 0 aliphatic heterocycles. The fourth-order valence-corrected chi connectivity index (χ4v) is 2.44. The number of halogens is 1. The second-order valence-electron chi connectivity index (χ2n) is 5.25. The summed E-state index contributed by atoms with van der Waals surface area (Å²) in [6.07, 6.45) is 2.54. The van der Waals surface area contributed by atoms with Gasteiger partial charge in [-0.05, 0) is 36.2 Å². The van der Waals surface area contributed by atoms with Crippen molar-refractivity contribution in [2.24, 2.45) is 0 Å². The average molecular weight is 338 g/mol. The monoisotopic (exact) mass is 338 g/mol. The molecule has 0 spiro atoms. The van der Waals surface area contributed by atoms with Crippen LogP contribution < -0.4 is 5.56 Å². The third kappa shape index (κ3) is 2.68. The first-order chi connectivity index (χ1) is 11.9. The van der Waals surface area contributed by atoms with Gasteiger partial charge in [0.25, 0.3) is 5.56 Å². The Balaban J connectivity index is 2.08. The number of hydrogen-bond acceptors (Lipinski definition) is 4. The molecule has 25 heavy (non-hydrogen) atoms. The van der Waals surface area contributed by atoms with Crippen LogP contribution >= 0.6 is 0 Å². The fraction of sp³-hybridized carbons (Fsp3) is 0.0588. The number of nitriles is 1. The number of hydrogen-bond donors (Lipinski definition) is 2. The molecule has 2 aromatic heterocycles. The first-order valence-electron chi connectivity index (χ1n) is 7.13. The minimum Gasteiger partial charge on any atom is -0.478 e. The van der Waals surface area contributed by atoms with Crippen LogP contribution in [0.4, 0.5) is 4.39 Å². The molecule has 8 heteroatoms. The Kier molecular flexibility index (Phi) is 3.91. The van der Waals surface area contributed by atoms with Crippen LogP contribution in [-0.4, -0.2) is 25.8 Å². The lowest BCUT2D eigenvalue weighted by molar-refractivity contribution is 0.0696. The highest BCUT2D eigenvalue weighted by atomic mass is 19.1. The summed E-state index contributed by atoms with van der Waals surface area (Å²) >= 11 is 0. The molecule has 0 unspecified atom stereocenters. The highest BCUT2D eigenvalue weighted by Crippen LogP contribution is 2.24. The topological polar surface area (TPSA) is 112 Å². The van der Waals surface area contributed by atoms with Crippen LogP contribution in [0.2, 0.25) is 0 Å². The molecule has 0 amide bonds. The maximum absolute atomic E-state index is 14.1. The summed E-state index contributed by atoms with van der Waals surface area (Å²) < 4.78 is 15.2. The van der Waals surface area contributed by atoms with E-state index >= 15 is 0 Å². The van der Waals surface area contributed by atoms with E-state index in [4.69, 9.17) is 10.4 Å². The van der Waals surface area contributed by atoms with Crippen LogP contribution in [0.25, 0.3) is 16.9 Å². The Hall–Kier alpha value is -3.73. The van der Waals surface area contributed by atoms with Crippen LogP contribution in [0, 0.1) is 24.1 Å². The van der Waals surface area contributed by atoms with Crippen molar-refractivity contribution in [3.05, 3.63) is 69.5 Å². The van der Waals surface area contributed by atoms with Crippen molar-refractivity contribution in [2.75, 3.05) is 0 Å². The second kappa shape index (κ2) is 6.05. The molecule has 0 bridgehead atoms. The van der Waals surface area contributed by atoms with E-state index < -0.39 is 17.3 Å². The zero-order valence-electron chi connectivity index (χ0n) is 12.9. The minimum absolute atomic E-state index is 0.00594. The number of benzene rings is 1. The third-order valence-corrected chi connectivity index (χ3v) is 3.79. The lowest BCUT2D eigenvalue weighted by atomic mass is 10.0. The predicted molar refractivity (Wildman–Crippen MR) is 86.0 cm³/mol. The highest BCUT2D eigenvalue weighted by Gasteiger charge is 2.16. The largest absolute Gasteiger partial charge is 0.478 e. The van der Waals surface area contributed by atoms with E-state index in [0.717, 1.165) is 10.9 Å². The Morgan fingerprint density at radius 2 is 2.08 bits per heavy atom. The number of carbonyl (C=O) groups is 1. The number of carboxylic acid groups (broad SMARTS) is 1. The Morgan fingerprint density at radius 3 is 2.68 bits per heavy atom. The van der Waals surface area contributed by atoms with Gasteiger partial charge in [-0.15, -0.1) is 0 Å². The summed E-state index contributed by atoms with van der Waals surface area (Å²) in [6.45, 7) is 1.49. The van der Waals surface area contributed by atoms with Gasteiger partial charge in [0.2, 0.25) is 0 Å². The van der Waals surface area contributed by atoms with Crippen molar-refractivity contribution < 1.29 is 14.3 Å². The van der Waals surface area contributed by atoms with Gasteiger partial charge in [0.15, 0.2) is 5.82 Å². The molecule has 0 saturated heterocycles. The first kappa shape index (κ1) is 16.1. The van der Waals surface area contributed by atoms with Crippen LogP contribution in [-0.2, 0) is 0 Å². The summed E-state index contributed by atoms with van der Waals surface area (Å²) in [5.74, 6) is -1.59. The molecule has 3 rings (SSSR count). The molecule has 0 saturated carbocycles. The van der Waals surface area contributed by atoms with Gasteiger partial charge in [-0.25, -0.2) is 18.9 Å². The zero-order chi connectivity index (χ0) is 18.1. The maximum atomic E-state index is 14.1. The summed E-state index contributed by atoms with van der Waals surface area (Å²) in [6, 6.07) is 7.28. The number of pyridine rings is 1. The van der Waals surface area contributed by atoms with E-state index in [1.54, 1.807) is 6.07 Å². The average Bonchev–Trinajstić information content (AvgIpc) is 2.99. The number of carboxylic acids is 1. The molecule has 0 aliphatic carbocycles. The molecule has 0 fully saturated rings. The number of aromatic carboxylic acids is 1. The molecule has 0 radical (unpaired) electrons. The van der Waals surface area contributed by atoms with Gasteiger partial charge >= 0.3 is 5.97 Å². The van der Waals surface area contributed by atoms with Gasteiger partial charge in [0.05, 0.1) is 16.7 Å². The van der Waals surface area contributed by atoms with Crippen molar-refractivity contribution >= 4 is 5.97 Å². The van der Waals surface area contributed by atoms with Gasteiger partial charge in [-0.3, -0.25) is 9.89 Å². The van der Waals surface area contributed by atoms with Crippen LogP contribution in [0.1, 0.15) is 21.5 Å². The smallest absolute Gasteiger partial charge is 0.337 e. The molecular formula is C17H11FN4O3. The SMILES string of the molecule is Cc1c(-c2c[nH]n(-c3ccc(C(=O)O)cn3)c2=O)ccc(C#N)c1F. The maximum Gasteiger partial charge on any atom is 0.337 e. The van der Waals surface area contributed by atoms with Crippen LogP contribution in [0.5, 0.6) is 0 Å². The van der Waals surface area contributed by atoms with Crippen molar-refractivity contribution in [1.82, 2.24) is 14.8 Å². The summed E-state index contributed by atoms with van der Waals surface area (Å²) in [7, 11) is 0. The quantitative estimate of drug-likeness (QED) is 0.760. The third-order valence-electron chi connectivity index (χ3n) is 3.79. The van der Waals surface area contributed by atoms with Gasteiger partial charge in [-0.1, -0.05) is 6.07 Å². The van der Waals surface area contributed by atoms with E-state index in [1.165, 1.54) is 37.4 Å². The number of nitrogens with one attached hydrogen (secondary N) is 1. The minimum atomic E-state index is -1.12. The normalized spacial score (nSPS) is 10.4. The Morgan fingerprint density at radius 1 is 1.32 bits per heavy atom. The molecule has 3 aromatic rings. The summed E-state index contributed by atoms with van der Waals surface area (Å²) in [5.41, 5.74) is 0.194. The van der Waals surface area contributed by atoms with Crippen molar-refractivity contribution in [3.63, 3.8) is 0 Å². The van der Waals surface area contributed by atoms with Crippen molar-refractivity contribution in [2.45, 2.75) is 6.92 Å². The number of aromatic amines is 1. The molecule has 7 nitrogen and oxygen atoms in total. The lowest BCUT2D eigenvalue weighted by Crippen LogP contribution is -2.17. The lowest BCUT2D eigenvalue weighted by Gasteiger charge is -2.05. The molecule has 0 atom stereocenters. The molecule has 124 valence electrons. The number of aromatic nitrogens is 3. The van der Waals surface area contributed by atoms with E-state index in [-0.39, 0.29) is 28.1 Å². The molecule has 0 aliphatic rings. The number of H-pyrrole nitrogens is 1. The van der Waals surface area contributed by atoms with E-state index in [9.17, 15) is 14.0 Å². The molecule has 2 heterocycles. The van der Waals surface area contributed by atoms with Gasteiger partial charge in [0, 0.05) is 12.4 Å². The summed E-state index contributed by atoms with van der Waals surface area (Å²) in [4.78, 5) is 27.4. The van der Waals surface area contributed by atoms with Gasteiger partial charge < -0.3 is 5.11 Å². The number of rotatable bonds is 3. The second-order valence-corrected chi connectivity index (χ2v) is 5.25. The molecular weight excluding hydrogens is 327 g/mol. The van der Waals surface area contributed by atoms with Crippen molar-refractivity contribution in [3.8, 4) is 23.0 Å². The standard InChI is InChI=1S/C17H11FN4O3/c1-9-12(4-2-10(6-19)15(9)18)13-8-21-22(16(13)23)14-5-3-11(7-20-14)17(24)25/h2-5,7-8,21H,1H3,(H,24,25). The van der Waals surface area contributed by atoms with E-state index in [0.29, 0.717) is 5.56 Å². The molecule has 1 aromatic carbocycles. The zero-order valence-corrected chi connectivity index (χ0v) is 12.9. The highest BCUT2D eigenvalue weighted by molar-refractivity contribution is 5.87. The van der Waals surface area contributed by atoms with Crippen LogP contribution in [0.15, 0.2) is 41.5 Å². The number of nitrogens with zero attached hydrogens (tertiary/aromatic N) is 3. The van der Waals surface area contributed by atoms with E-state index in [1.807, 2.05) is 0 Å². The van der Waals surface area contributed by atoms with Crippen LogP contribution in [0.3, 0.4) is 0 Å². The van der Waals surface area contributed by atoms with E-state index in [2.05, 4.69) is 10.1 Å². The van der Waals surface area contributed by atoms with Crippen molar-refractivity contribution in [1.29, 1.82) is 5.26 Å². The summed E-state index contributed by atoms with van der Waals surface area (Å²) in [5, 5.41) is 20.5. The predicted octanol–water partition coefficient (Wildman–Crippen LogP) is 2.25.